The molecule has 1 N–H and O–H groups in total. The zero-order valence-corrected chi connectivity index (χ0v) is 12.1. The van der Waals surface area contributed by atoms with Crippen molar-refractivity contribution in [3.8, 4) is 0 Å². The Hall–Kier alpha value is -1.61. The van der Waals surface area contributed by atoms with E-state index in [1.54, 1.807) is 0 Å². The average molecular weight is 277 g/mol. The first-order valence-corrected chi connectivity index (χ1v) is 6.89. The zero-order valence-electron chi connectivity index (χ0n) is 11.3. The highest BCUT2D eigenvalue weighted by Crippen LogP contribution is 2.34. The van der Waals surface area contributed by atoms with Crippen LogP contribution in [-0.4, -0.2) is 10.8 Å². The number of rotatable bonds is 2. The first-order chi connectivity index (χ1) is 9.10. The van der Waals surface area contributed by atoms with E-state index >= 15 is 0 Å². The molecule has 0 fully saturated rings. The Morgan fingerprint density at radius 3 is 2.95 bits per heavy atom. The fourth-order valence-electron chi connectivity index (χ4n) is 2.62. The van der Waals surface area contributed by atoms with Crippen LogP contribution in [-0.2, 0) is 11.8 Å². The van der Waals surface area contributed by atoms with E-state index < -0.39 is 0 Å². The van der Waals surface area contributed by atoms with Crippen molar-refractivity contribution in [2.24, 2.45) is 7.05 Å². The first kappa shape index (κ1) is 12.4. The molecule has 19 heavy (non-hydrogen) atoms. The number of hydrogen-bond acceptors (Lipinski definition) is 2. The normalized spacial score (nSPS) is 18.8. The number of ether oxygens (including phenoxy) is 1. The maximum Gasteiger partial charge on any atom is 0.167 e. The van der Waals surface area contributed by atoms with Crippen molar-refractivity contribution in [2.75, 3.05) is 0 Å². The molecule has 0 saturated heterocycles. The summed E-state index contributed by atoms with van der Waals surface area (Å²) in [7, 11) is 2.04. The largest absolute Gasteiger partial charge is 0.469 e. The van der Waals surface area contributed by atoms with Crippen LogP contribution >= 0.6 is 11.6 Å². The fraction of sp³-hybridized carbons (Fsp3) is 0.333. The lowest BCUT2D eigenvalue weighted by Gasteiger charge is -2.06. The molecule has 0 bridgehead atoms. The molecule has 1 atom stereocenters. The highest BCUT2D eigenvalue weighted by molar-refractivity contribution is 6.31. The van der Waals surface area contributed by atoms with E-state index in [-0.39, 0.29) is 6.23 Å². The molecule has 0 amide bonds. The Labute approximate surface area is 117 Å². The summed E-state index contributed by atoms with van der Waals surface area (Å²) in [5.41, 5.74) is 3.42. The average Bonchev–Trinajstić information content (AvgIpc) is 2.90. The molecule has 100 valence electrons. The van der Waals surface area contributed by atoms with Crippen molar-refractivity contribution >= 4 is 28.3 Å². The molecule has 3 nitrogen and oxygen atoms in total. The Morgan fingerprint density at radius 2 is 2.21 bits per heavy atom. The van der Waals surface area contributed by atoms with Gasteiger partial charge in [-0.25, -0.2) is 0 Å². The van der Waals surface area contributed by atoms with Crippen LogP contribution in [0.5, 0.6) is 0 Å². The van der Waals surface area contributed by atoms with Gasteiger partial charge >= 0.3 is 0 Å². The van der Waals surface area contributed by atoms with Crippen molar-refractivity contribution in [3.05, 3.63) is 40.7 Å². The van der Waals surface area contributed by atoms with Gasteiger partial charge in [0.15, 0.2) is 12.0 Å². The standard InChI is InChI=1S/C15H17ClN2O/c1-4-13-15(19-9(2)17-13)12-8-18(3)14-6-5-10(16)7-11(12)14/h5-9,17H,4H2,1-3H3. The quantitative estimate of drug-likeness (QED) is 0.901. The number of benzene rings is 1. The number of nitrogens with zero attached hydrogens (tertiary/aromatic N) is 1. The summed E-state index contributed by atoms with van der Waals surface area (Å²) in [5, 5.41) is 5.23. The minimum atomic E-state index is 0.0272. The van der Waals surface area contributed by atoms with Crippen LogP contribution in [0, 0.1) is 0 Å². The number of allylic oxidation sites excluding steroid dienone is 1. The molecule has 1 aliphatic rings. The van der Waals surface area contributed by atoms with E-state index in [2.05, 4.69) is 23.0 Å². The second-order valence-electron chi connectivity index (χ2n) is 4.88. The van der Waals surface area contributed by atoms with Crippen LogP contribution in [0.25, 0.3) is 16.7 Å². The SMILES string of the molecule is CCC1=C(c2cn(C)c3ccc(Cl)cc23)OC(C)N1. The van der Waals surface area contributed by atoms with E-state index in [0.29, 0.717) is 0 Å². The summed E-state index contributed by atoms with van der Waals surface area (Å²) < 4.78 is 8.03. The van der Waals surface area contributed by atoms with Gasteiger partial charge in [0.1, 0.15) is 0 Å². The molecule has 2 heterocycles. The van der Waals surface area contributed by atoms with Crippen molar-refractivity contribution in [3.63, 3.8) is 0 Å². The Balaban J connectivity index is 2.23. The van der Waals surface area contributed by atoms with E-state index in [9.17, 15) is 0 Å². The third-order valence-corrected chi connectivity index (χ3v) is 3.73. The number of aryl methyl sites for hydroxylation is 1. The monoisotopic (exact) mass is 276 g/mol. The second kappa shape index (κ2) is 4.49. The number of nitrogens with one attached hydrogen (secondary N) is 1. The zero-order chi connectivity index (χ0) is 13.6. The third-order valence-electron chi connectivity index (χ3n) is 3.50. The Bertz CT molecular complexity index is 672. The second-order valence-corrected chi connectivity index (χ2v) is 5.32. The van der Waals surface area contributed by atoms with Crippen LogP contribution in [0.2, 0.25) is 5.02 Å². The summed E-state index contributed by atoms with van der Waals surface area (Å²) in [4.78, 5) is 0. The minimum Gasteiger partial charge on any atom is -0.469 e. The van der Waals surface area contributed by atoms with Gasteiger partial charge in [0, 0.05) is 34.7 Å². The highest BCUT2D eigenvalue weighted by Gasteiger charge is 2.24. The maximum absolute atomic E-state index is 6.12. The van der Waals surface area contributed by atoms with Gasteiger partial charge in [-0.15, -0.1) is 0 Å². The molecule has 1 aromatic heterocycles. The van der Waals surface area contributed by atoms with E-state index in [0.717, 1.165) is 39.4 Å². The van der Waals surface area contributed by atoms with Gasteiger partial charge in [-0.05, 0) is 31.5 Å². The van der Waals surface area contributed by atoms with Crippen molar-refractivity contribution in [1.82, 2.24) is 9.88 Å². The lowest BCUT2D eigenvalue weighted by Crippen LogP contribution is -2.19. The molecular formula is C15H17ClN2O. The van der Waals surface area contributed by atoms with E-state index in [1.165, 1.54) is 0 Å². The van der Waals surface area contributed by atoms with Crippen LogP contribution < -0.4 is 5.32 Å². The Kier molecular flexibility index (Phi) is 2.94. The van der Waals surface area contributed by atoms with Crippen LogP contribution in [0.3, 0.4) is 0 Å². The van der Waals surface area contributed by atoms with Gasteiger partial charge in [0.2, 0.25) is 0 Å². The van der Waals surface area contributed by atoms with Crippen LogP contribution in [0.15, 0.2) is 30.1 Å². The lowest BCUT2D eigenvalue weighted by molar-refractivity contribution is 0.190. The molecule has 2 aromatic rings. The molecule has 0 spiro atoms. The molecular weight excluding hydrogens is 260 g/mol. The smallest absolute Gasteiger partial charge is 0.167 e. The molecule has 0 saturated carbocycles. The maximum atomic E-state index is 6.12. The highest BCUT2D eigenvalue weighted by atomic mass is 35.5. The van der Waals surface area contributed by atoms with Crippen LogP contribution in [0.4, 0.5) is 0 Å². The number of halogens is 1. The summed E-state index contributed by atoms with van der Waals surface area (Å²) in [6.07, 6.45) is 3.06. The molecule has 0 aliphatic carbocycles. The summed E-state index contributed by atoms with van der Waals surface area (Å²) >= 11 is 6.12. The van der Waals surface area contributed by atoms with E-state index in [4.69, 9.17) is 16.3 Å². The molecule has 4 heteroatoms. The molecule has 1 aliphatic heterocycles. The number of aromatic nitrogens is 1. The topological polar surface area (TPSA) is 26.2 Å². The summed E-state index contributed by atoms with van der Waals surface area (Å²) in [6, 6.07) is 5.96. The lowest BCUT2D eigenvalue weighted by atomic mass is 10.1. The van der Waals surface area contributed by atoms with Gasteiger partial charge in [0.05, 0.1) is 5.70 Å². The van der Waals surface area contributed by atoms with Gasteiger partial charge in [-0.2, -0.15) is 0 Å². The van der Waals surface area contributed by atoms with Gasteiger partial charge in [-0.1, -0.05) is 18.5 Å². The van der Waals surface area contributed by atoms with Gasteiger partial charge in [-0.3, -0.25) is 0 Å². The van der Waals surface area contributed by atoms with Crippen molar-refractivity contribution < 1.29 is 4.74 Å². The molecule has 0 radical (unpaired) electrons. The molecule has 1 aromatic carbocycles. The number of fused-ring (bicyclic) bond motifs is 1. The number of hydrogen-bond donors (Lipinski definition) is 1. The predicted octanol–water partition coefficient (Wildman–Crippen LogP) is 3.88. The van der Waals surface area contributed by atoms with Gasteiger partial charge in [0.25, 0.3) is 0 Å². The van der Waals surface area contributed by atoms with Crippen LogP contribution in [0.1, 0.15) is 25.8 Å². The van der Waals surface area contributed by atoms with Crippen molar-refractivity contribution in [1.29, 1.82) is 0 Å². The molecule has 1 unspecified atom stereocenters. The summed E-state index contributed by atoms with van der Waals surface area (Å²) in [5.74, 6) is 0.947. The third kappa shape index (κ3) is 1.98. The Morgan fingerprint density at radius 1 is 1.42 bits per heavy atom. The molecule has 3 rings (SSSR count). The van der Waals surface area contributed by atoms with Gasteiger partial charge < -0.3 is 14.6 Å². The summed E-state index contributed by atoms with van der Waals surface area (Å²) in [6.45, 7) is 4.14. The first-order valence-electron chi connectivity index (χ1n) is 6.51. The minimum absolute atomic E-state index is 0.0272. The predicted molar refractivity (Wildman–Crippen MR) is 78.8 cm³/mol. The van der Waals surface area contributed by atoms with E-state index in [1.807, 2.05) is 32.2 Å². The van der Waals surface area contributed by atoms with Crippen molar-refractivity contribution in [2.45, 2.75) is 26.5 Å². The fourth-order valence-corrected chi connectivity index (χ4v) is 2.79.